The van der Waals surface area contributed by atoms with Gasteiger partial charge in [-0.1, -0.05) is 29.3 Å². The Morgan fingerprint density at radius 2 is 1.85 bits per heavy atom. The number of ether oxygens (including phenoxy) is 1. The SMILES string of the molecule is COc1cccc(N2CCN(CC(=O)Nc3ccc(Cl)c(Cl)c3)CC2)c1. The molecule has 0 spiro atoms. The molecule has 7 heteroatoms. The third-order valence-corrected chi connectivity index (χ3v) is 5.10. The lowest BCUT2D eigenvalue weighted by Crippen LogP contribution is -2.48. The van der Waals surface area contributed by atoms with E-state index in [0.717, 1.165) is 37.6 Å². The summed E-state index contributed by atoms with van der Waals surface area (Å²) < 4.78 is 5.28. The Balaban J connectivity index is 1.50. The molecule has 138 valence electrons. The molecule has 1 aliphatic heterocycles. The van der Waals surface area contributed by atoms with Crippen LogP contribution < -0.4 is 15.0 Å². The second-order valence-corrected chi connectivity index (χ2v) is 6.96. The molecule has 0 aromatic heterocycles. The lowest BCUT2D eigenvalue weighted by molar-refractivity contribution is -0.117. The smallest absolute Gasteiger partial charge is 0.238 e. The zero-order valence-corrected chi connectivity index (χ0v) is 16.1. The van der Waals surface area contributed by atoms with Crippen LogP contribution in [0.25, 0.3) is 0 Å². The van der Waals surface area contributed by atoms with E-state index in [0.29, 0.717) is 22.3 Å². The minimum absolute atomic E-state index is 0.0572. The van der Waals surface area contributed by atoms with E-state index in [1.807, 2.05) is 18.2 Å². The number of carbonyl (C=O) groups excluding carboxylic acids is 1. The summed E-state index contributed by atoms with van der Waals surface area (Å²) in [6, 6.07) is 13.1. The van der Waals surface area contributed by atoms with Gasteiger partial charge in [0.1, 0.15) is 5.75 Å². The third kappa shape index (κ3) is 4.81. The van der Waals surface area contributed by atoms with Gasteiger partial charge in [0.25, 0.3) is 0 Å². The summed E-state index contributed by atoms with van der Waals surface area (Å²) in [5.74, 6) is 0.796. The maximum absolute atomic E-state index is 12.3. The molecular weight excluding hydrogens is 373 g/mol. The Labute approximate surface area is 163 Å². The van der Waals surface area contributed by atoms with Crippen LogP contribution in [0.1, 0.15) is 0 Å². The molecule has 0 radical (unpaired) electrons. The van der Waals surface area contributed by atoms with Crippen molar-refractivity contribution in [1.29, 1.82) is 0 Å². The number of benzene rings is 2. The Kier molecular flexibility index (Phi) is 6.25. The van der Waals surface area contributed by atoms with E-state index in [1.165, 1.54) is 0 Å². The fraction of sp³-hybridized carbons (Fsp3) is 0.316. The van der Waals surface area contributed by atoms with Crippen LogP contribution >= 0.6 is 23.2 Å². The van der Waals surface area contributed by atoms with Crippen molar-refractivity contribution >= 4 is 40.5 Å². The molecule has 1 saturated heterocycles. The molecular formula is C19H21Cl2N3O2. The fourth-order valence-electron chi connectivity index (χ4n) is 2.95. The van der Waals surface area contributed by atoms with Crippen LogP contribution in [0, 0.1) is 0 Å². The number of anilines is 2. The van der Waals surface area contributed by atoms with Crippen molar-refractivity contribution in [3.63, 3.8) is 0 Å². The zero-order chi connectivity index (χ0) is 18.5. The van der Waals surface area contributed by atoms with Gasteiger partial charge in [-0.2, -0.15) is 0 Å². The van der Waals surface area contributed by atoms with Gasteiger partial charge in [0.15, 0.2) is 0 Å². The molecule has 2 aromatic carbocycles. The van der Waals surface area contributed by atoms with E-state index in [-0.39, 0.29) is 5.91 Å². The second-order valence-electron chi connectivity index (χ2n) is 6.14. The van der Waals surface area contributed by atoms with Crippen LogP contribution in [-0.2, 0) is 4.79 Å². The highest BCUT2D eigenvalue weighted by molar-refractivity contribution is 6.42. The second kappa shape index (κ2) is 8.62. The van der Waals surface area contributed by atoms with Gasteiger partial charge in [-0.25, -0.2) is 0 Å². The molecule has 1 amide bonds. The van der Waals surface area contributed by atoms with Crippen molar-refractivity contribution in [3.05, 3.63) is 52.5 Å². The number of carbonyl (C=O) groups is 1. The average molecular weight is 394 g/mol. The number of methoxy groups -OCH3 is 1. The van der Waals surface area contributed by atoms with Crippen molar-refractivity contribution < 1.29 is 9.53 Å². The fourth-order valence-corrected chi connectivity index (χ4v) is 3.25. The number of nitrogens with one attached hydrogen (secondary N) is 1. The highest BCUT2D eigenvalue weighted by atomic mass is 35.5. The highest BCUT2D eigenvalue weighted by Gasteiger charge is 2.19. The summed E-state index contributed by atoms with van der Waals surface area (Å²) in [4.78, 5) is 16.7. The van der Waals surface area contributed by atoms with Gasteiger partial charge in [0.05, 0.1) is 23.7 Å². The minimum atomic E-state index is -0.0572. The van der Waals surface area contributed by atoms with Crippen LogP contribution in [0.3, 0.4) is 0 Å². The van der Waals surface area contributed by atoms with Gasteiger partial charge in [0, 0.05) is 43.6 Å². The van der Waals surface area contributed by atoms with E-state index in [4.69, 9.17) is 27.9 Å². The van der Waals surface area contributed by atoms with Gasteiger partial charge in [-0.3, -0.25) is 9.69 Å². The predicted octanol–water partition coefficient (Wildman–Crippen LogP) is 3.76. The molecule has 1 N–H and O–H groups in total. The third-order valence-electron chi connectivity index (χ3n) is 4.36. The standard InChI is InChI=1S/C19H21Cl2N3O2/c1-26-16-4-2-3-15(12-16)24-9-7-23(8-10-24)13-19(25)22-14-5-6-17(20)18(21)11-14/h2-6,11-12H,7-10,13H2,1H3,(H,22,25). The monoisotopic (exact) mass is 393 g/mol. The number of piperazine rings is 1. The predicted molar refractivity (Wildman–Crippen MR) is 107 cm³/mol. The number of rotatable bonds is 5. The lowest BCUT2D eigenvalue weighted by Gasteiger charge is -2.35. The van der Waals surface area contributed by atoms with Crippen LogP contribution in [0.4, 0.5) is 11.4 Å². The Hall–Kier alpha value is -1.95. The summed E-state index contributed by atoms with van der Waals surface area (Å²) >= 11 is 11.9. The van der Waals surface area contributed by atoms with Crippen molar-refractivity contribution in [2.45, 2.75) is 0 Å². The van der Waals surface area contributed by atoms with E-state index >= 15 is 0 Å². The molecule has 26 heavy (non-hydrogen) atoms. The average Bonchev–Trinajstić information content (AvgIpc) is 2.65. The van der Waals surface area contributed by atoms with Gasteiger partial charge in [-0.15, -0.1) is 0 Å². The van der Waals surface area contributed by atoms with E-state index in [1.54, 1.807) is 25.3 Å². The number of halogens is 2. The summed E-state index contributed by atoms with van der Waals surface area (Å²) in [5.41, 5.74) is 1.80. The molecule has 0 aliphatic carbocycles. The van der Waals surface area contributed by atoms with Crippen molar-refractivity contribution in [2.75, 3.05) is 50.1 Å². The molecule has 0 unspecified atom stereocenters. The van der Waals surface area contributed by atoms with E-state index in [2.05, 4.69) is 21.2 Å². The molecule has 1 aliphatic rings. The van der Waals surface area contributed by atoms with Gasteiger partial charge >= 0.3 is 0 Å². The largest absolute Gasteiger partial charge is 0.497 e. The highest BCUT2D eigenvalue weighted by Crippen LogP contribution is 2.25. The number of hydrogen-bond acceptors (Lipinski definition) is 4. The van der Waals surface area contributed by atoms with Crippen LogP contribution in [0.15, 0.2) is 42.5 Å². The van der Waals surface area contributed by atoms with Crippen LogP contribution in [-0.4, -0.2) is 50.6 Å². The summed E-state index contributed by atoms with van der Waals surface area (Å²) in [6.07, 6.45) is 0. The van der Waals surface area contributed by atoms with Crippen molar-refractivity contribution in [2.24, 2.45) is 0 Å². The summed E-state index contributed by atoms with van der Waals surface area (Å²) in [7, 11) is 1.67. The van der Waals surface area contributed by atoms with Crippen molar-refractivity contribution in [1.82, 2.24) is 4.90 Å². The molecule has 0 bridgehead atoms. The summed E-state index contributed by atoms with van der Waals surface area (Å²) in [6.45, 7) is 3.74. The zero-order valence-electron chi connectivity index (χ0n) is 14.5. The van der Waals surface area contributed by atoms with Gasteiger partial charge < -0.3 is 15.0 Å². The lowest BCUT2D eigenvalue weighted by atomic mass is 10.2. The van der Waals surface area contributed by atoms with E-state index < -0.39 is 0 Å². The molecule has 2 aromatic rings. The van der Waals surface area contributed by atoms with Crippen molar-refractivity contribution in [3.8, 4) is 5.75 Å². The molecule has 0 saturated carbocycles. The minimum Gasteiger partial charge on any atom is -0.497 e. The van der Waals surface area contributed by atoms with Crippen LogP contribution in [0.5, 0.6) is 5.75 Å². The number of amides is 1. The maximum atomic E-state index is 12.3. The normalized spacial score (nSPS) is 15.0. The molecule has 1 heterocycles. The molecule has 5 nitrogen and oxygen atoms in total. The van der Waals surface area contributed by atoms with Gasteiger partial charge in [0.2, 0.25) is 5.91 Å². The Morgan fingerprint density at radius 3 is 2.54 bits per heavy atom. The van der Waals surface area contributed by atoms with E-state index in [9.17, 15) is 4.79 Å². The quantitative estimate of drug-likeness (QED) is 0.839. The Morgan fingerprint density at radius 1 is 1.08 bits per heavy atom. The molecule has 3 rings (SSSR count). The first-order valence-corrected chi connectivity index (χ1v) is 9.17. The Bertz CT molecular complexity index is 777. The first kappa shape index (κ1) is 18.8. The topological polar surface area (TPSA) is 44.8 Å². The number of hydrogen-bond donors (Lipinski definition) is 1. The maximum Gasteiger partial charge on any atom is 0.238 e. The molecule has 0 atom stereocenters. The number of nitrogens with zero attached hydrogens (tertiary/aromatic N) is 2. The summed E-state index contributed by atoms with van der Waals surface area (Å²) in [5, 5.41) is 3.76. The van der Waals surface area contributed by atoms with Crippen LogP contribution in [0.2, 0.25) is 10.0 Å². The first-order chi connectivity index (χ1) is 12.5. The first-order valence-electron chi connectivity index (χ1n) is 8.41. The van der Waals surface area contributed by atoms with Gasteiger partial charge in [-0.05, 0) is 30.3 Å². The molecule has 1 fully saturated rings.